The van der Waals surface area contributed by atoms with Gasteiger partial charge in [-0.25, -0.2) is 4.79 Å². The molecule has 1 aromatic rings. The molecule has 4 rings (SSSR count). The molecule has 3 fully saturated rings. The standard InChI is InChI=1S/C19H23NO5.C2HF3O2/c21-16(22)18-10-19(18,17(23)24)12-20(11-18)9-13-5-1-4-8-15(13)25-14-6-2-3-7-14;3-2(4,5)1(6)7/h1,4-5,8,14H,2-3,6-7,9-12H2,(H,21,22)(H,23,24);(H,6,7)/t18-,19+;. The Labute approximate surface area is 181 Å². The molecular weight excluding hydrogens is 435 g/mol. The summed E-state index contributed by atoms with van der Waals surface area (Å²) in [6.07, 6.45) is -0.0575. The molecule has 2 atom stereocenters. The lowest BCUT2D eigenvalue weighted by molar-refractivity contribution is -0.192. The highest BCUT2D eigenvalue weighted by Gasteiger charge is 2.80. The van der Waals surface area contributed by atoms with Gasteiger partial charge in [-0.15, -0.1) is 0 Å². The number of aliphatic carboxylic acids is 3. The molecular formula is C21H24F3NO7. The van der Waals surface area contributed by atoms with Gasteiger partial charge in [0.2, 0.25) is 0 Å². The molecule has 2 saturated carbocycles. The first kappa shape index (κ1) is 23.8. The largest absolute Gasteiger partial charge is 0.490 e. The van der Waals surface area contributed by atoms with E-state index in [4.69, 9.17) is 14.6 Å². The van der Waals surface area contributed by atoms with Gasteiger partial charge < -0.3 is 20.1 Å². The fourth-order valence-corrected chi connectivity index (χ4v) is 4.69. The molecule has 3 aliphatic rings. The third-order valence-electron chi connectivity index (χ3n) is 6.41. The summed E-state index contributed by atoms with van der Waals surface area (Å²) in [5.74, 6) is -3.91. The third-order valence-corrected chi connectivity index (χ3v) is 6.41. The zero-order chi connectivity index (χ0) is 23.7. The number of para-hydroxylation sites is 1. The van der Waals surface area contributed by atoms with Gasteiger partial charge in [0.1, 0.15) is 5.75 Å². The molecule has 1 aromatic carbocycles. The molecule has 3 N–H and O–H groups in total. The quantitative estimate of drug-likeness (QED) is 0.593. The van der Waals surface area contributed by atoms with Crippen LogP contribution in [0.15, 0.2) is 24.3 Å². The van der Waals surface area contributed by atoms with Gasteiger partial charge >= 0.3 is 24.1 Å². The first-order valence-electron chi connectivity index (χ1n) is 10.2. The lowest BCUT2D eigenvalue weighted by atomic mass is 9.97. The van der Waals surface area contributed by atoms with Crippen LogP contribution in [0.2, 0.25) is 0 Å². The van der Waals surface area contributed by atoms with Gasteiger partial charge in [-0.05, 0) is 38.2 Å². The van der Waals surface area contributed by atoms with Gasteiger partial charge in [-0.1, -0.05) is 18.2 Å². The summed E-state index contributed by atoms with van der Waals surface area (Å²) < 4.78 is 37.9. The summed E-state index contributed by atoms with van der Waals surface area (Å²) in [7, 11) is 0. The van der Waals surface area contributed by atoms with Crippen LogP contribution in [0, 0.1) is 10.8 Å². The molecule has 1 saturated heterocycles. The number of likely N-dealkylation sites (tertiary alicyclic amines) is 1. The van der Waals surface area contributed by atoms with Crippen LogP contribution >= 0.6 is 0 Å². The van der Waals surface area contributed by atoms with Crippen molar-refractivity contribution < 1.29 is 47.6 Å². The number of piperidine rings is 1. The highest BCUT2D eigenvalue weighted by molar-refractivity contribution is 5.94. The molecule has 0 spiro atoms. The number of benzene rings is 1. The molecule has 32 heavy (non-hydrogen) atoms. The molecule has 11 heteroatoms. The van der Waals surface area contributed by atoms with Crippen molar-refractivity contribution in [3.05, 3.63) is 29.8 Å². The maximum absolute atomic E-state index is 11.7. The summed E-state index contributed by atoms with van der Waals surface area (Å²) in [5, 5.41) is 26.2. The molecule has 1 aliphatic heterocycles. The smallest absolute Gasteiger partial charge is 0.490 e. The highest BCUT2D eigenvalue weighted by Crippen LogP contribution is 2.68. The van der Waals surface area contributed by atoms with E-state index in [2.05, 4.69) is 0 Å². The van der Waals surface area contributed by atoms with E-state index >= 15 is 0 Å². The monoisotopic (exact) mass is 459 g/mol. The first-order chi connectivity index (χ1) is 14.9. The average Bonchev–Trinajstić information content (AvgIpc) is 3.01. The lowest BCUT2D eigenvalue weighted by Crippen LogP contribution is -2.28. The minimum Gasteiger partial charge on any atom is -0.490 e. The number of rotatable bonds is 6. The normalized spacial score (nSPS) is 27.2. The van der Waals surface area contributed by atoms with E-state index in [-0.39, 0.29) is 25.6 Å². The highest BCUT2D eigenvalue weighted by atomic mass is 19.4. The van der Waals surface area contributed by atoms with Crippen molar-refractivity contribution in [3.63, 3.8) is 0 Å². The fourth-order valence-electron chi connectivity index (χ4n) is 4.69. The zero-order valence-corrected chi connectivity index (χ0v) is 17.1. The number of ether oxygens (including phenoxy) is 1. The second-order valence-electron chi connectivity index (χ2n) is 8.53. The minimum absolute atomic E-state index is 0.237. The number of halogens is 3. The second-order valence-corrected chi connectivity index (χ2v) is 8.53. The van der Waals surface area contributed by atoms with Crippen LogP contribution < -0.4 is 4.74 Å². The predicted octanol–water partition coefficient (Wildman–Crippen LogP) is 3.00. The first-order valence-corrected chi connectivity index (χ1v) is 10.2. The second kappa shape index (κ2) is 8.61. The van der Waals surface area contributed by atoms with E-state index in [0.29, 0.717) is 6.54 Å². The summed E-state index contributed by atoms with van der Waals surface area (Å²) in [4.78, 5) is 34.2. The Balaban J connectivity index is 0.000000360. The Hall–Kier alpha value is -2.82. The molecule has 0 bridgehead atoms. The molecule has 0 unspecified atom stereocenters. The maximum atomic E-state index is 11.7. The van der Waals surface area contributed by atoms with Gasteiger partial charge in [0.25, 0.3) is 0 Å². The van der Waals surface area contributed by atoms with Crippen LogP contribution in [-0.2, 0) is 20.9 Å². The van der Waals surface area contributed by atoms with Crippen molar-refractivity contribution in [2.75, 3.05) is 13.1 Å². The molecule has 1 heterocycles. The topological polar surface area (TPSA) is 124 Å². The number of carboxylic acid groups (broad SMARTS) is 3. The Morgan fingerprint density at radius 1 is 1.00 bits per heavy atom. The van der Waals surface area contributed by atoms with Crippen molar-refractivity contribution >= 4 is 17.9 Å². The van der Waals surface area contributed by atoms with Gasteiger partial charge in [0.05, 0.1) is 16.9 Å². The minimum atomic E-state index is -5.08. The molecule has 8 nitrogen and oxygen atoms in total. The lowest BCUT2D eigenvalue weighted by Gasteiger charge is -2.22. The molecule has 0 aromatic heterocycles. The number of hydrogen-bond donors (Lipinski definition) is 3. The van der Waals surface area contributed by atoms with Gasteiger partial charge in [-0.3, -0.25) is 14.5 Å². The Kier molecular flexibility index (Phi) is 6.41. The molecule has 176 valence electrons. The summed E-state index contributed by atoms with van der Waals surface area (Å²) in [6.45, 7) is 1.09. The van der Waals surface area contributed by atoms with E-state index in [1.165, 1.54) is 12.8 Å². The number of fused-ring (bicyclic) bond motifs is 1. The van der Waals surface area contributed by atoms with Crippen LogP contribution in [0.3, 0.4) is 0 Å². The van der Waals surface area contributed by atoms with E-state index in [1.807, 2.05) is 29.2 Å². The van der Waals surface area contributed by atoms with Crippen LogP contribution in [0.25, 0.3) is 0 Å². The molecule has 0 radical (unpaired) electrons. The van der Waals surface area contributed by atoms with Gasteiger partial charge in [-0.2, -0.15) is 13.2 Å². The Morgan fingerprint density at radius 3 is 1.97 bits per heavy atom. The number of nitrogens with zero attached hydrogens (tertiary/aromatic N) is 1. The van der Waals surface area contributed by atoms with E-state index in [1.54, 1.807) is 0 Å². The predicted molar refractivity (Wildman–Crippen MR) is 103 cm³/mol. The van der Waals surface area contributed by atoms with Crippen molar-refractivity contribution in [1.82, 2.24) is 4.90 Å². The van der Waals surface area contributed by atoms with Gasteiger partial charge in [0.15, 0.2) is 0 Å². The van der Waals surface area contributed by atoms with Gasteiger partial charge in [0, 0.05) is 25.2 Å². The van der Waals surface area contributed by atoms with Crippen molar-refractivity contribution in [2.24, 2.45) is 10.8 Å². The number of carboxylic acids is 3. The van der Waals surface area contributed by atoms with Crippen LogP contribution in [0.4, 0.5) is 13.2 Å². The molecule has 0 amide bonds. The maximum Gasteiger partial charge on any atom is 0.490 e. The van der Waals surface area contributed by atoms with Crippen molar-refractivity contribution in [2.45, 2.75) is 50.9 Å². The number of alkyl halides is 3. The van der Waals surface area contributed by atoms with E-state index < -0.39 is 34.9 Å². The average molecular weight is 459 g/mol. The third kappa shape index (κ3) is 4.52. The van der Waals surface area contributed by atoms with Crippen molar-refractivity contribution in [3.8, 4) is 5.75 Å². The van der Waals surface area contributed by atoms with Crippen LogP contribution in [0.5, 0.6) is 5.75 Å². The molecule has 2 aliphatic carbocycles. The fraction of sp³-hybridized carbons (Fsp3) is 0.571. The Bertz CT molecular complexity index is 872. The zero-order valence-electron chi connectivity index (χ0n) is 17.1. The van der Waals surface area contributed by atoms with Crippen LogP contribution in [0.1, 0.15) is 37.7 Å². The van der Waals surface area contributed by atoms with E-state index in [0.717, 1.165) is 24.2 Å². The summed E-state index contributed by atoms with van der Waals surface area (Å²) in [6, 6.07) is 7.81. The Morgan fingerprint density at radius 2 is 1.50 bits per heavy atom. The van der Waals surface area contributed by atoms with E-state index in [9.17, 15) is 33.0 Å². The van der Waals surface area contributed by atoms with Crippen LogP contribution in [-0.4, -0.2) is 63.5 Å². The number of hydrogen-bond acceptors (Lipinski definition) is 5. The number of carbonyl (C=O) groups is 3. The van der Waals surface area contributed by atoms with Crippen molar-refractivity contribution in [1.29, 1.82) is 0 Å². The summed E-state index contributed by atoms with van der Waals surface area (Å²) >= 11 is 0. The SMILES string of the molecule is O=C(O)C(F)(F)F.O=C(O)[C@@]12CN(Cc3ccccc3OC3CCCC3)C[C@]1(C(=O)O)C2. The summed E-state index contributed by atoms with van der Waals surface area (Å²) in [5.41, 5.74) is -1.25.